The second-order valence-electron chi connectivity index (χ2n) is 11.9. The number of imidazole rings is 2. The molecule has 45 heavy (non-hydrogen) atoms. The number of hydrogen-bond acceptors (Lipinski definition) is 7. The van der Waals surface area contributed by atoms with Gasteiger partial charge in [0, 0.05) is 44.9 Å². The number of esters is 1. The highest BCUT2D eigenvalue weighted by Gasteiger charge is 2.15. The Labute approximate surface area is 269 Å². The van der Waals surface area contributed by atoms with Gasteiger partial charge in [-0.1, -0.05) is 68.4 Å². The van der Waals surface area contributed by atoms with Crippen LogP contribution >= 0.6 is 0 Å². The van der Waals surface area contributed by atoms with Crippen LogP contribution in [0.15, 0.2) is 79.4 Å². The van der Waals surface area contributed by atoms with Crippen LogP contribution in [0.1, 0.15) is 67.9 Å². The molecule has 0 unspecified atom stereocenters. The first-order valence-corrected chi connectivity index (χ1v) is 16.4. The monoisotopic (exact) mass is 613 g/mol. The third-order valence-corrected chi connectivity index (χ3v) is 7.92. The topological polar surface area (TPSA) is 82.5 Å². The molecule has 0 spiro atoms. The summed E-state index contributed by atoms with van der Waals surface area (Å²) in [6.07, 6.45) is 12.0. The predicted molar refractivity (Wildman–Crippen MR) is 179 cm³/mol. The minimum Gasteiger partial charge on any atom is -0.460 e. The van der Waals surface area contributed by atoms with Crippen molar-refractivity contribution in [2.45, 2.75) is 72.3 Å². The third kappa shape index (κ3) is 12.3. The molecule has 0 amide bonds. The van der Waals surface area contributed by atoms with Crippen LogP contribution < -0.4 is 0 Å². The van der Waals surface area contributed by atoms with Gasteiger partial charge in [-0.05, 0) is 68.6 Å². The van der Waals surface area contributed by atoms with E-state index in [9.17, 15) is 4.79 Å². The maximum atomic E-state index is 12.9. The summed E-state index contributed by atoms with van der Waals surface area (Å²) in [7, 11) is 2.03. The van der Waals surface area contributed by atoms with Crippen LogP contribution in [0.3, 0.4) is 0 Å². The molecule has 0 bridgehead atoms. The van der Waals surface area contributed by atoms with Gasteiger partial charge in [-0.15, -0.1) is 0 Å². The number of carbonyl (C=O) groups is 1. The highest BCUT2D eigenvalue weighted by atomic mass is 16.5. The minimum atomic E-state index is -0.183. The van der Waals surface area contributed by atoms with E-state index in [1.807, 2.05) is 56.0 Å². The summed E-state index contributed by atoms with van der Waals surface area (Å²) in [6, 6.07) is 18.6. The van der Waals surface area contributed by atoms with Crippen LogP contribution in [0.2, 0.25) is 0 Å². The Balaban J connectivity index is 1.36. The second-order valence-corrected chi connectivity index (χ2v) is 11.9. The summed E-state index contributed by atoms with van der Waals surface area (Å²) in [5, 5.41) is 0. The lowest BCUT2D eigenvalue weighted by Gasteiger charge is -2.24. The lowest BCUT2D eigenvalue weighted by molar-refractivity contribution is -0.146. The highest BCUT2D eigenvalue weighted by Crippen LogP contribution is 2.15. The quantitative estimate of drug-likeness (QED) is 0.0941. The molecule has 0 radical (unpaired) electrons. The SMILES string of the molecule is CCCN(CCC)CCCCN(CC(=O)OCc1ccccc1)Cc1ccc(CN(Cc2ncc[nH]2)Cc2nccn2C)cc1. The number of rotatable bonds is 21. The highest BCUT2D eigenvalue weighted by molar-refractivity contribution is 5.71. The zero-order valence-electron chi connectivity index (χ0n) is 27.4. The molecule has 9 nitrogen and oxygen atoms in total. The van der Waals surface area contributed by atoms with E-state index in [4.69, 9.17) is 4.74 Å². The average molecular weight is 614 g/mol. The van der Waals surface area contributed by atoms with Crippen molar-refractivity contribution in [3.63, 3.8) is 0 Å². The predicted octanol–water partition coefficient (Wildman–Crippen LogP) is 5.79. The van der Waals surface area contributed by atoms with E-state index in [1.165, 1.54) is 24.0 Å². The van der Waals surface area contributed by atoms with Gasteiger partial charge < -0.3 is 19.2 Å². The van der Waals surface area contributed by atoms with E-state index in [0.29, 0.717) is 19.7 Å². The Hall–Kier alpha value is -3.79. The molecule has 242 valence electrons. The normalized spacial score (nSPS) is 11.6. The van der Waals surface area contributed by atoms with Gasteiger partial charge in [-0.3, -0.25) is 14.6 Å². The van der Waals surface area contributed by atoms with E-state index in [0.717, 1.165) is 69.3 Å². The summed E-state index contributed by atoms with van der Waals surface area (Å²) in [5.74, 6) is 1.76. The molecule has 4 rings (SSSR count). The summed E-state index contributed by atoms with van der Waals surface area (Å²) in [6.45, 7) is 12.2. The number of nitrogens with zero attached hydrogens (tertiary/aromatic N) is 6. The maximum Gasteiger partial charge on any atom is 0.320 e. The molecule has 0 aliphatic heterocycles. The summed E-state index contributed by atoms with van der Waals surface area (Å²) in [4.78, 5) is 32.2. The number of ether oxygens (including phenoxy) is 1. The largest absolute Gasteiger partial charge is 0.460 e. The number of aromatic nitrogens is 4. The first kappa shape index (κ1) is 34.1. The van der Waals surface area contributed by atoms with Crippen LogP contribution in [0, 0.1) is 0 Å². The van der Waals surface area contributed by atoms with Gasteiger partial charge in [0.25, 0.3) is 0 Å². The van der Waals surface area contributed by atoms with Crippen molar-refractivity contribution in [3.05, 3.63) is 108 Å². The number of aryl methyl sites for hydroxylation is 1. The molecule has 0 saturated carbocycles. The van der Waals surface area contributed by atoms with Crippen molar-refractivity contribution >= 4 is 5.97 Å². The van der Waals surface area contributed by atoms with Gasteiger partial charge in [0.05, 0.1) is 19.6 Å². The molecule has 0 aliphatic carbocycles. The molecule has 0 saturated heterocycles. The minimum absolute atomic E-state index is 0.183. The van der Waals surface area contributed by atoms with Gasteiger partial charge in [-0.2, -0.15) is 0 Å². The van der Waals surface area contributed by atoms with E-state index in [-0.39, 0.29) is 12.5 Å². The second kappa shape index (κ2) is 18.9. The van der Waals surface area contributed by atoms with Gasteiger partial charge >= 0.3 is 5.97 Å². The van der Waals surface area contributed by atoms with Crippen LogP contribution in [-0.4, -0.2) is 72.9 Å². The van der Waals surface area contributed by atoms with Crippen molar-refractivity contribution in [2.75, 3.05) is 32.7 Å². The average Bonchev–Trinajstić information content (AvgIpc) is 3.71. The molecule has 2 heterocycles. The van der Waals surface area contributed by atoms with Gasteiger partial charge in [0.1, 0.15) is 18.3 Å². The number of aromatic amines is 1. The third-order valence-electron chi connectivity index (χ3n) is 7.92. The standard InChI is InChI=1S/C36H51N7O2/c1-4-20-41(21-5-2)22-9-10-23-42(29-36(44)45-30-33-11-7-6-8-12-33)25-31-13-15-32(16-14-31)26-43(27-34-37-17-18-38-34)28-35-39-19-24-40(35)3/h6-8,11-19,24H,4-5,9-10,20-23,25-30H2,1-3H3,(H,37,38). The van der Waals surface area contributed by atoms with Gasteiger partial charge in [0.15, 0.2) is 0 Å². The zero-order valence-corrected chi connectivity index (χ0v) is 27.4. The number of benzene rings is 2. The van der Waals surface area contributed by atoms with Crippen LogP contribution in [0.25, 0.3) is 0 Å². The van der Waals surface area contributed by atoms with Crippen molar-refractivity contribution in [1.82, 2.24) is 34.2 Å². The van der Waals surface area contributed by atoms with E-state index in [2.05, 4.69) is 72.3 Å². The molecule has 4 aromatic rings. The summed E-state index contributed by atoms with van der Waals surface area (Å²) in [5.41, 5.74) is 3.42. The first-order chi connectivity index (χ1) is 22.0. The summed E-state index contributed by atoms with van der Waals surface area (Å²) >= 11 is 0. The smallest absolute Gasteiger partial charge is 0.320 e. The lowest BCUT2D eigenvalue weighted by atomic mass is 10.1. The summed E-state index contributed by atoms with van der Waals surface area (Å²) < 4.78 is 7.71. The Kier molecular flexibility index (Phi) is 14.3. The fourth-order valence-electron chi connectivity index (χ4n) is 5.60. The number of carbonyl (C=O) groups excluding carboxylic acids is 1. The maximum absolute atomic E-state index is 12.9. The fourth-order valence-corrected chi connectivity index (χ4v) is 5.60. The number of nitrogens with one attached hydrogen (secondary N) is 1. The lowest BCUT2D eigenvalue weighted by Crippen LogP contribution is -2.32. The van der Waals surface area contributed by atoms with Crippen molar-refractivity contribution in [3.8, 4) is 0 Å². The zero-order chi connectivity index (χ0) is 31.7. The van der Waals surface area contributed by atoms with Crippen molar-refractivity contribution in [2.24, 2.45) is 7.05 Å². The van der Waals surface area contributed by atoms with Crippen LogP contribution in [-0.2, 0) is 49.4 Å². The Morgan fingerprint density at radius 3 is 2.02 bits per heavy atom. The molecule has 9 heteroatoms. The Morgan fingerprint density at radius 2 is 1.42 bits per heavy atom. The Morgan fingerprint density at radius 1 is 0.756 bits per heavy atom. The molecule has 1 N–H and O–H groups in total. The molecule has 0 fully saturated rings. The van der Waals surface area contributed by atoms with Crippen molar-refractivity contribution < 1.29 is 9.53 Å². The number of H-pyrrole nitrogens is 1. The molecule has 2 aromatic heterocycles. The van der Waals surface area contributed by atoms with E-state index >= 15 is 0 Å². The molecule has 0 aliphatic rings. The first-order valence-electron chi connectivity index (χ1n) is 16.4. The van der Waals surface area contributed by atoms with Crippen molar-refractivity contribution in [1.29, 1.82) is 0 Å². The molecule has 2 aromatic carbocycles. The van der Waals surface area contributed by atoms with Gasteiger partial charge in [-0.25, -0.2) is 9.97 Å². The Bertz CT molecular complexity index is 1350. The van der Waals surface area contributed by atoms with Gasteiger partial charge in [0.2, 0.25) is 0 Å². The van der Waals surface area contributed by atoms with Crippen LogP contribution in [0.5, 0.6) is 0 Å². The molecular weight excluding hydrogens is 562 g/mol. The molecule has 0 atom stereocenters. The molecular formula is C36H51N7O2. The van der Waals surface area contributed by atoms with E-state index < -0.39 is 0 Å². The number of hydrogen-bond donors (Lipinski definition) is 1. The number of unbranched alkanes of at least 4 members (excludes halogenated alkanes) is 1. The van der Waals surface area contributed by atoms with E-state index in [1.54, 1.807) is 6.20 Å². The van der Waals surface area contributed by atoms with Crippen LogP contribution in [0.4, 0.5) is 0 Å². The fraction of sp³-hybridized carbons (Fsp3) is 0.472.